The number of aliphatic imine (C=N–C) groups is 1. The molecule has 1 atom stereocenters. The first-order chi connectivity index (χ1) is 13.0. The summed E-state index contributed by atoms with van der Waals surface area (Å²) in [6, 6.07) is 7.45. The zero-order valence-corrected chi connectivity index (χ0v) is 16.2. The van der Waals surface area contributed by atoms with Crippen LogP contribution in [-0.2, 0) is 11.3 Å². The molecule has 1 aliphatic heterocycles. The quantitative estimate of drug-likeness (QED) is 0.599. The molecule has 0 bridgehead atoms. The molecular weight excluding hydrogens is 368 g/mol. The molecule has 1 fully saturated rings. The van der Waals surface area contributed by atoms with Crippen molar-refractivity contribution in [1.82, 2.24) is 25.7 Å². The third-order valence-electron chi connectivity index (χ3n) is 4.24. The average molecular weight is 391 g/mol. The van der Waals surface area contributed by atoms with Gasteiger partial charge in [0.1, 0.15) is 6.54 Å². The van der Waals surface area contributed by atoms with Crippen LogP contribution in [0.5, 0.6) is 0 Å². The Morgan fingerprint density at radius 2 is 2.33 bits per heavy atom. The predicted molar refractivity (Wildman–Crippen MR) is 103 cm³/mol. The van der Waals surface area contributed by atoms with E-state index in [1.54, 1.807) is 17.0 Å². The Labute approximate surface area is 163 Å². The van der Waals surface area contributed by atoms with Gasteiger partial charge in [-0.1, -0.05) is 28.9 Å². The number of nitrogens with zero attached hydrogens (tertiary/aromatic N) is 4. The molecule has 144 valence electrons. The predicted octanol–water partition coefficient (Wildman–Crippen LogP) is 2.07. The molecule has 1 saturated heterocycles. The van der Waals surface area contributed by atoms with Crippen LogP contribution in [0.1, 0.15) is 25.7 Å². The maximum absolute atomic E-state index is 11.6. The van der Waals surface area contributed by atoms with Crippen LogP contribution < -0.4 is 10.6 Å². The minimum atomic E-state index is 0.162. The van der Waals surface area contributed by atoms with E-state index < -0.39 is 0 Å². The molecule has 0 radical (unpaired) electrons. The van der Waals surface area contributed by atoms with Crippen molar-refractivity contribution in [2.24, 2.45) is 4.99 Å². The van der Waals surface area contributed by atoms with Crippen LogP contribution in [0.15, 0.2) is 33.8 Å². The smallest absolute Gasteiger partial charge is 0.248 e. The summed E-state index contributed by atoms with van der Waals surface area (Å²) in [5.41, 5.74) is 0.793. The number of carbonyl (C=O) groups excluding carboxylic acids is 1. The number of carbonyl (C=O) groups is 1. The average Bonchev–Trinajstić information content (AvgIpc) is 3.12. The number of hydrogen-bond acceptors (Lipinski definition) is 5. The van der Waals surface area contributed by atoms with Crippen LogP contribution in [0, 0.1) is 0 Å². The molecule has 0 aliphatic carbocycles. The second kappa shape index (κ2) is 8.85. The Morgan fingerprint density at radius 1 is 1.48 bits per heavy atom. The summed E-state index contributed by atoms with van der Waals surface area (Å²) in [6.07, 6.45) is 1.33. The molecule has 1 amide bonds. The van der Waals surface area contributed by atoms with Gasteiger partial charge in [-0.3, -0.25) is 4.79 Å². The minimum Gasteiger partial charge on any atom is -0.357 e. The summed E-state index contributed by atoms with van der Waals surface area (Å²) in [7, 11) is 1.82. The number of rotatable bonds is 5. The Balaban J connectivity index is 1.64. The van der Waals surface area contributed by atoms with Crippen LogP contribution in [0.4, 0.5) is 0 Å². The van der Waals surface area contributed by atoms with Gasteiger partial charge in [0.2, 0.25) is 17.6 Å². The number of nitrogens with one attached hydrogen (secondary N) is 2. The highest BCUT2D eigenvalue weighted by atomic mass is 35.5. The van der Waals surface area contributed by atoms with Gasteiger partial charge in [0.25, 0.3) is 0 Å². The summed E-state index contributed by atoms with van der Waals surface area (Å²) in [5.74, 6) is 1.73. The molecular formula is C18H23ClN6O2. The normalized spacial score (nSPS) is 17.9. The molecule has 3 rings (SSSR count). The SMILES string of the molecule is CCNC(=NCc1nc(-c2cccc(Cl)c2)no1)NC1CCC(=O)N(C)C1. The van der Waals surface area contributed by atoms with Crippen LogP contribution in [0.2, 0.25) is 5.02 Å². The minimum absolute atomic E-state index is 0.162. The van der Waals surface area contributed by atoms with Crippen molar-refractivity contribution in [1.29, 1.82) is 0 Å². The van der Waals surface area contributed by atoms with E-state index in [0.29, 0.717) is 35.7 Å². The maximum Gasteiger partial charge on any atom is 0.248 e. The largest absolute Gasteiger partial charge is 0.357 e. The molecule has 0 saturated carbocycles. The highest BCUT2D eigenvalue weighted by Gasteiger charge is 2.23. The zero-order valence-electron chi connectivity index (χ0n) is 15.4. The van der Waals surface area contributed by atoms with Crippen molar-refractivity contribution in [2.45, 2.75) is 32.4 Å². The molecule has 1 aliphatic rings. The van der Waals surface area contributed by atoms with E-state index in [2.05, 4.69) is 25.8 Å². The van der Waals surface area contributed by atoms with Crippen LogP contribution in [0.3, 0.4) is 0 Å². The second-order valence-electron chi connectivity index (χ2n) is 6.37. The lowest BCUT2D eigenvalue weighted by atomic mass is 10.1. The molecule has 27 heavy (non-hydrogen) atoms. The maximum atomic E-state index is 11.6. The lowest BCUT2D eigenvalue weighted by Crippen LogP contribution is -2.51. The zero-order chi connectivity index (χ0) is 19.2. The number of guanidine groups is 1. The van der Waals surface area contributed by atoms with E-state index in [1.807, 2.05) is 26.1 Å². The first kappa shape index (κ1) is 19.2. The molecule has 0 spiro atoms. The number of amides is 1. The number of hydrogen-bond donors (Lipinski definition) is 2. The summed E-state index contributed by atoms with van der Waals surface area (Å²) in [6.45, 7) is 3.63. The van der Waals surface area contributed by atoms with Gasteiger partial charge in [0.05, 0.1) is 0 Å². The molecule has 9 heteroatoms. The van der Waals surface area contributed by atoms with Crippen molar-refractivity contribution >= 4 is 23.5 Å². The van der Waals surface area contributed by atoms with Crippen LogP contribution in [0.25, 0.3) is 11.4 Å². The van der Waals surface area contributed by atoms with Gasteiger partial charge in [0, 0.05) is 43.2 Å². The van der Waals surface area contributed by atoms with Crippen molar-refractivity contribution in [3.8, 4) is 11.4 Å². The van der Waals surface area contributed by atoms with Crippen molar-refractivity contribution in [2.75, 3.05) is 20.1 Å². The summed E-state index contributed by atoms with van der Waals surface area (Å²) in [4.78, 5) is 22.2. The molecule has 2 aromatic rings. The van der Waals surface area contributed by atoms with Gasteiger partial charge in [-0.05, 0) is 25.5 Å². The molecule has 1 aromatic carbocycles. The van der Waals surface area contributed by atoms with Gasteiger partial charge in [-0.2, -0.15) is 4.98 Å². The van der Waals surface area contributed by atoms with E-state index in [4.69, 9.17) is 16.1 Å². The third kappa shape index (κ3) is 5.19. The highest BCUT2D eigenvalue weighted by Crippen LogP contribution is 2.20. The Bertz CT molecular complexity index is 822. The van der Waals surface area contributed by atoms with E-state index >= 15 is 0 Å². The Hall–Kier alpha value is -2.61. The monoisotopic (exact) mass is 390 g/mol. The van der Waals surface area contributed by atoms with Crippen LogP contribution in [-0.4, -0.2) is 53.1 Å². The molecule has 2 heterocycles. The van der Waals surface area contributed by atoms with Crippen molar-refractivity contribution < 1.29 is 9.32 Å². The molecule has 2 N–H and O–H groups in total. The number of halogens is 1. The third-order valence-corrected chi connectivity index (χ3v) is 4.47. The van der Waals surface area contributed by atoms with Gasteiger partial charge in [0.15, 0.2) is 5.96 Å². The Morgan fingerprint density at radius 3 is 3.07 bits per heavy atom. The molecule has 8 nitrogen and oxygen atoms in total. The van der Waals surface area contributed by atoms with E-state index in [0.717, 1.165) is 18.5 Å². The fourth-order valence-electron chi connectivity index (χ4n) is 2.85. The summed E-state index contributed by atoms with van der Waals surface area (Å²) in [5, 5.41) is 11.2. The number of benzene rings is 1. The van der Waals surface area contributed by atoms with E-state index in [9.17, 15) is 4.79 Å². The van der Waals surface area contributed by atoms with Crippen LogP contribution >= 0.6 is 11.6 Å². The topological polar surface area (TPSA) is 95.6 Å². The Kier molecular flexibility index (Phi) is 6.28. The van der Waals surface area contributed by atoms with Gasteiger partial charge < -0.3 is 20.1 Å². The second-order valence-corrected chi connectivity index (χ2v) is 6.81. The summed E-state index contributed by atoms with van der Waals surface area (Å²) < 4.78 is 5.29. The standard InChI is InChI=1S/C18H23ClN6O2/c1-3-20-18(22-14-7-8-16(26)25(2)11-14)21-10-15-23-17(24-27-15)12-5-4-6-13(19)9-12/h4-6,9,14H,3,7-8,10-11H2,1-2H3,(H2,20,21,22). The lowest BCUT2D eigenvalue weighted by molar-refractivity contribution is -0.132. The fourth-order valence-corrected chi connectivity index (χ4v) is 3.04. The van der Waals surface area contributed by atoms with Gasteiger partial charge >= 0.3 is 0 Å². The number of aromatic nitrogens is 2. The first-order valence-corrected chi connectivity index (χ1v) is 9.30. The lowest BCUT2D eigenvalue weighted by Gasteiger charge is -2.31. The van der Waals surface area contributed by atoms with Crippen molar-refractivity contribution in [3.05, 3.63) is 35.2 Å². The van der Waals surface area contributed by atoms with Gasteiger partial charge in [-0.25, -0.2) is 4.99 Å². The van der Waals surface area contributed by atoms with Crippen molar-refractivity contribution in [3.63, 3.8) is 0 Å². The fraction of sp³-hybridized carbons (Fsp3) is 0.444. The number of likely N-dealkylation sites (tertiary alicyclic amines) is 1. The van der Waals surface area contributed by atoms with E-state index in [1.165, 1.54) is 0 Å². The summed E-state index contributed by atoms with van der Waals surface area (Å²) >= 11 is 6.00. The number of piperidine rings is 1. The van der Waals surface area contributed by atoms with E-state index in [-0.39, 0.29) is 18.5 Å². The number of likely N-dealkylation sites (N-methyl/N-ethyl adjacent to an activating group) is 1. The first-order valence-electron chi connectivity index (χ1n) is 8.92. The highest BCUT2D eigenvalue weighted by molar-refractivity contribution is 6.30. The molecule has 1 aromatic heterocycles. The molecule has 1 unspecified atom stereocenters. The van der Waals surface area contributed by atoms with Gasteiger partial charge in [-0.15, -0.1) is 0 Å².